The topological polar surface area (TPSA) is 81.5 Å². The highest BCUT2D eigenvalue weighted by molar-refractivity contribution is 8.13. The summed E-state index contributed by atoms with van der Waals surface area (Å²) in [6.07, 6.45) is 11.8. The van der Waals surface area contributed by atoms with Crippen molar-refractivity contribution in [1.82, 2.24) is 0 Å². The monoisotopic (exact) mass is 417 g/mol. The lowest BCUT2D eigenvalue weighted by molar-refractivity contribution is -0.111. The van der Waals surface area contributed by atoms with Crippen molar-refractivity contribution in [3.05, 3.63) is 72.2 Å². The van der Waals surface area contributed by atoms with E-state index in [2.05, 4.69) is 23.9 Å². The highest BCUT2D eigenvalue weighted by atomic mass is 32.2. The fourth-order valence-corrected chi connectivity index (χ4v) is 4.56. The minimum Gasteiger partial charge on any atom is -0.379 e. The Balaban J connectivity index is 0.00000204. The summed E-state index contributed by atoms with van der Waals surface area (Å²) in [6, 6.07) is 0. The van der Waals surface area contributed by atoms with Crippen molar-refractivity contribution in [2.45, 2.75) is 38.6 Å². The molecule has 0 bridgehead atoms. The largest absolute Gasteiger partial charge is 0.379 e. The molecule has 1 heterocycles. The number of rotatable bonds is 7. The van der Waals surface area contributed by atoms with Crippen LogP contribution in [0.2, 0.25) is 0 Å². The van der Waals surface area contributed by atoms with Crippen LogP contribution < -0.4 is 11.5 Å². The van der Waals surface area contributed by atoms with Crippen LogP contribution in [0.3, 0.4) is 0 Å². The van der Waals surface area contributed by atoms with Gasteiger partial charge in [-0.15, -0.1) is 0 Å². The van der Waals surface area contributed by atoms with Crippen LogP contribution in [0, 0.1) is 5.92 Å². The lowest BCUT2D eigenvalue weighted by atomic mass is 9.79. The standard InChI is InChI=1S/C22H27FN2OS.CH5N/c1-5-8-19(23)18(13-20(26)16(4)10-6-9-15(2)3)22-12-7-11-17(22)14-27-21(24)25-22;1-2/h5-6,8-10,13,17H,1,4,7,11-12,14H2,2-3H3,(H2,24,25);2H2,1H3/b10-6-,18-13+,19-8+;. The third-order valence-electron chi connectivity index (χ3n) is 4.83. The van der Waals surface area contributed by atoms with Gasteiger partial charge in [-0.3, -0.25) is 9.79 Å². The number of carbonyl (C=O) groups excluding carboxylic acids is 1. The number of thioether (sulfide) groups is 1. The first-order valence-corrected chi connectivity index (χ1v) is 10.6. The van der Waals surface area contributed by atoms with E-state index in [4.69, 9.17) is 5.73 Å². The quantitative estimate of drug-likeness (QED) is 0.461. The van der Waals surface area contributed by atoms with Crippen LogP contribution in [0.15, 0.2) is 77.2 Å². The van der Waals surface area contributed by atoms with Crippen LogP contribution >= 0.6 is 11.8 Å². The molecule has 1 aliphatic carbocycles. The molecule has 0 amide bonds. The smallest absolute Gasteiger partial charge is 0.185 e. The summed E-state index contributed by atoms with van der Waals surface area (Å²) in [7, 11) is 1.50. The molecular weight excluding hydrogens is 385 g/mol. The normalized spacial score (nSPS) is 24.2. The Hall–Kier alpha value is -2.18. The summed E-state index contributed by atoms with van der Waals surface area (Å²) in [4.78, 5) is 17.3. The summed E-state index contributed by atoms with van der Waals surface area (Å²) < 4.78 is 15.0. The highest BCUT2D eigenvalue weighted by Crippen LogP contribution is 2.50. The van der Waals surface area contributed by atoms with Crippen molar-refractivity contribution in [2.75, 3.05) is 12.8 Å². The van der Waals surface area contributed by atoms with Gasteiger partial charge in [0.1, 0.15) is 5.83 Å². The molecule has 1 aliphatic heterocycles. The Morgan fingerprint density at radius 3 is 2.66 bits per heavy atom. The summed E-state index contributed by atoms with van der Waals surface area (Å²) in [5.41, 5.74) is 11.4. The zero-order valence-corrected chi connectivity index (χ0v) is 18.4. The average Bonchev–Trinajstić information content (AvgIpc) is 3.10. The molecule has 0 spiro atoms. The number of ketones is 1. The lowest BCUT2D eigenvalue weighted by Crippen LogP contribution is -2.41. The molecule has 2 atom stereocenters. The van der Waals surface area contributed by atoms with Gasteiger partial charge in [0, 0.05) is 16.9 Å². The van der Waals surface area contributed by atoms with Crippen LogP contribution in [0.1, 0.15) is 33.1 Å². The van der Waals surface area contributed by atoms with Gasteiger partial charge in [0.2, 0.25) is 0 Å². The Morgan fingerprint density at radius 2 is 2.03 bits per heavy atom. The van der Waals surface area contributed by atoms with Crippen LogP contribution in [0.5, 0.6) is 0 Å². The Labute approximate surface area is 178 Å². The molecule has 158 valence electrons. The van der Waals surface area contributed by atoms with Crippen molar-refractivity contribution < 1.29 is 9.18 Å². The van der Waals surface area contributed by atoms with Crippen molar-refractivity contribution >= 4 is 22.7 Å². The number of hydrogen-bond donors (Lipinski definition) is 2. The first-order chi connectivity index (χ1) is 13.8. The van der Waals surface area contributed by atoms with Crippen LogP contribution in [0.25, 0.3) is 0 Å². The molecular formula is C23H32FN3OS. The number of nitrogens with two attached hydrogens (primary N) is 2. The van der Waals surface area contributed by atoms with Gasteiger partial charge in [0.15, 0.2) is 11.0 Å². The molecule has 1 saturated carbocycles. The second-order valence-electron chi connectivity index (χ2n) is 7.08. The fourth-order valence-electron chi connectivity index (χ4n) is 3.52. The van der Waals surface area contributed by atoms with E-state index in [-0.39, 0.29) is 17.3 Å². The van der Waals surface area contributed by atoms with E-state index in [1.165, 1.54) is 37.0 Å². The Bertz CT molecular complexity index is 788. The van der Waals surface area contributed by atoms with Crippen LogP contribution in [-0.4, -0.2) is 29.3 Å². The molecule has 4 N–H and O–H groups in total. The van der Waals surface area contributed by atoms with E-state index in [9.17, 15) is 9.18 Å². The highest BCUT2D eigenvalue weighted by Gasteiger charge is 2.49. The van der Waals surface area contributed by atoms with E-state index in [0.29, 0.717) is 17.2 Å². The summed E-state index contributed by atoms with van der Waals surface area (Å²) in [5.74, 6) is 0.119. The number of aliphatic imine (C=N–C) groups is 1. The molecule has 1 fully saturated rings. The SMILES string of the molecule is C=C/C=C(F)\C(=C/C(=O)C(=C)/C=C\C=C(C)C)C12CCCC1CSC(N)=N2.CN. The van der Waals surface area contributed by atoms with Crippen LogP contribution in [0.4, 0.5) is 4.39 Å². The number of amidine groups is 1. The van der Waals surface area contributed by atoms with Gasteiger partial charge in [-0.25, -0.2) is 4.39 Å². The minimum absolute atomic E-state index is 0.160. The van der Waals surface area contributed by atoms with E-state index in [1.54, 1.807) is 12.2 Å². The molecule has 2 aliphatic rings. The maximum atomic E-state index is 15.0. The molecule has 2 unspecified atom stereocenters. The molecule has 6 heteroatoms. The van der Waals surface area contributed by atoms with Gasteiger partial charge < -0.3 is 11.5 Å². The molecule has 4 nitrogen and oxygen atoms in total. The molecule has 0 saturated heterocycles. The van der Waals surface area contributed by atoms with E-state index < -0.39 is 11.4 Å². The second kappa shape index (κ2) is 11.7. The van der Waals surface area contributed by atoms with Crippen molar-refractivity contribution in [3.8, 4) is 0 Å². The molecule has 0 aromatic heterocycles. The van der Waals surface area contributed by atoms with Gasteiger partial charge in [-0.1, -0.05) is 61.2 Å². The van der Waals surface area contributed by atoms with Gasteiger partial charge in [0.05, 0.1) is 5.54 Å². The molecule has 29 heavy (non-hydrogen) atoms. The predicted molar refractivity (Wildman–Crippen MR) is 124 cm³/mol. The van der Waals surface area contributed by atoms with E-state index in [0.717, 1.165) is 24.2 Å². The van der Waals surface area contributed by atoms with Gasteiger partial charge >= 0.3 is 0 Å². The van der Waals surface area contributed by atoms with Gasteiger partial charge in [0.25, 0.3) is 0 Å². The maximum Gasteiger partial charge on any atom is 0.185 e. The molecule has 0 aromatic rings. The van der Waals surface area contributed by atoms with Crippen molar-refractivity contribution in [3.63, 3.8) is 0 Å². The first-order valence-electron chi connectivity index (χ1n) is 9.61. The van der Waals surface area contributed by atoms with Gasteiger partial charge in [-0.05, 0) is 51.8 Å². The summed E-state index contributed by atoms with van der Waals surface area (Å²) >= 11 is 1.49. The maximum absolute atomic E-state index is 15.0. The number of allylic oxidation sites excluding steroid dienone is 8. The Kier molecular flexibility index (Phi) is 10.1. The van der Waals surface area contributed by atoms with Crippen LogP contribution in [-0.2, 0) is 4.79 Å². The first kappa shape index (κ1) is 24.9. The number of fused-ring (bicyclic) bond motifs is 1. The Morgan fingerprint density at radius 1 is 1.34 bits per heavy atom. The number of nitrogens with zero attached hydrogens (tertiary/aromatic N) is 1. The number of halogens is 1. The third-order valence-corrected chi connectivity index (χ3v) is 5.79. The minimum atomic E-state index is -0.779. The van der Waals surface area contributed by atoms with E-state index >= 15 is 0 Å². The molecule has 0 aromatic carbocycles. The number of hydrogen-bond acceptors (Lipinski definition) is 5. The van der Waals surface area contributed by atoms with Crippen molar-refractivity contribution in [2.24, 2.45) is 22.4 Å². The molecule has 0 radical (unpaired) electrons. The zero-order chi connectivity index (χ0) is 22.0. The third kappa shape index (κ3) is 6.41. The predicted octanol–water partition coefficient (Wildman–Crippen LogP) is 4.78. The van der Waals surface area contributed by atoms with Crippen molar-refractivity contribution in [1.29, 1.82) is 0 Å². The lowest BCUT2D eigenvalue weighted by Gasteiger charge is -2.37. The summed E-state index contributed by atoms with van der Waals surface area (Å²) in [5, 5.41) is 0.445. The number of carbonyl (C=O) groups is 1. The average molecular weight is 418 g/mol. The summed E-state index contributed by atoms with van der Waals surface area (Å²) in [6.45, 7) is 11.3. The van der Waals surface area contributed by atoms with E-state index in [1.807, 2.05) is 19.9 Å². The zero-order valence-electron chi connectivity index (χ0n) is 17.6. The van der Waals surface area contributed by atoms with Gasteiger partial charge in [-0.2, -0.15) is 0 Å². The molecule has 2 rings (SSSR count). The second-order valence-corrected chi connectivity index (χ2v) is 8.12. The fraction of sp³-hybridized carbons (Fsp3) is 0.391.